The van der Waals surface area contributed by atoms with Gasteiger partial charge >= 0.3 is 6.09 Å². The minimum atomic E-state index is -0.490. The largest absolute Gasteiger partial charge is 0.444 e. The highest BCUT2D eigenvalue weighted by Crippen LogP contribution is 2.07. The normalized spacial score (nSPS) is 17.5. The predicted octanol–water partition coefficient (Wildman–Crippen LogP) is 2.49. The fraction of sp³-hybridized carbons (Fsp3) is 0.905. The van der Waals surface area contributed by atoms with E-state index >= 15 is 0 Å². The molecule has 8 nitrogen and oxygen atoms in total. The van der Waals surface area contributed by atoms with Crippen LogP contribution in [-0.2, 0) is 4.74 Å². The van der Waals surface area contributed by atoms with Crippen LogP contribution in [0.1, 0.15) is 53.4 Å². The van der Waals surface area contributed by atoms with E-state index in [1.807, 2.05) is 20.8 Å². The molecule has 1 amide bonds. The molecule has 0 spiro atoms. The highest BCUT2D eigenvalue weighted by Gasteiger charge is 2.18. The minimum absolute atomic E-state index is 0. The molecule has 1 aliphatic rings. The second kappa shape index (κ2) is 15.9. The Morgan fingerprint density at radius 1 is 1.17 bits per heavy atom. The molecule has 0 aliphatic carbocycles. The monoisotopic (exact) mass is 540 g/mol. The van der Waals surface area contributed by atoms with E-state index in [4.69, 9.17) is 4.74 Å². The van der Waals surface area contributed by atoms with E-state index < -0.39 is 5.60 Å². The first-order valence-electron chi connectivity index (χ1n) is 11.1. The van der Waals surface area contributed by atoms with E-state index in [0.717, 1.165) is 57.9 Å². The number of hydrogen-bond acceptors (Lipinski definition) is 5. The highest BCUT2D eigenvalue weighted by atomic mass is 127. The van der Waals surface area contributed by atoms with Crippen molar-refractivity contribution in [3.8, 4) is 0 Å². The van der Waals surface area contributed by atoms with Gasteiger partial charge in [-0.1, -0.05) is 19.8 Å². The number of ether oxygens (including phenoxy) is 1. The van der Waals surface area contributed by atoms with Gasteiger partial charge in [-0.2, -0.15) is 0 Å². The third-order valence-electron chi connectivity index (χ3n) is 4.89. The van der Waals surface area contributed by atoms with Gasteiger partial charge in [0.2, 0.25) is 0 Å². The minimum Gasteiger partial charge on any atom is -0.444 e. The van der Waals surface area contributed by atoms with Gasteiger partial charge in [-0.05, 0) is 53.8 Å². The fourth-order valence-electron chi connectivity index (χ4n) is 3.24. The number of nitrogens with one attached hydrogen (secondary N) is 3. The summed E-state index contributed by atoms with van der Waals surface area (Å²) in [5.74, 6) is 0.782. The predicted molar refractivity (Wildman–Crippen MR) is 136 cm³/mol. The summed E-state index contributed by atoms with van der Waals surface area (Å²) in [7, 11) is 3.98. The molecule has 3 N–H and O–H groups in total. The van der Waals surface area contributed by atoms with Crippen LogP contribution < -0.4 is 16.0 Å². The average Bonchev–Trinajstić information content (AvgIpc) is 2.85. The van der Waals surface area contributed by atoms with Crippen molar-refractivity contribution in [1.29, 1.82) is 0 Å². The molecule has 178 valence electrons. The summed E-state index contributed by atoms with van der Waals surface area (Å²) >= 11 is 0. The Balaban J connectivity index is 0.00000841. The number of hydrogen-bond donors (Lipinski definition) is 3. The van der Waals surface area contributed by atoms with Gasteiger partial charge in [0.1, 0.15) is 5.60 Å². The van der Waals surface area contributed by atoms with Crippen LogP contribution in [0.25, 0.3) is 0 Å². The first-order chi connectivity index (χ1) is 13.7. The number of rotatable bonds is 9. The van der Waals surface area contributed by atoms with E-state index in [2.05, 4.69) is 44.7 Å². The Labute approximate surface area is 201 Å². The molecule has 1 heterocycles. The summed E-state index contributed by atoms with van der Waals surface area (Å²) in [4.78, 5) is 21.2. The second-order valence-corrected chi connectivity index (χ2v) is 8.86. The van der Waals surface area contributed by atoms with Crippen LogP contribution in [0.5, 0.6) is 0 Å². The highest BCUT2D eigenvalue weighted by molar-refractivity contribution is 14.0. The van der Waals surface area contributed by atoms with Crippen LogP contribution in [-0.4, -0.2) is 93.4 Å². The number of halogens is 1. The van der Waals surface area contributed by atoms with Crippen molar-refractivity contribution in [1.82, 2.24) is 25.8 Å². The summed E-state index contributed by atoms with van der Waals surface area (Å²) in [6, 6.07) is 0.112. The second-order valence-electron chi connectivity index (χ2n) is 8.86. The lowest BCUT2D eigenvalue weighted by atomic mass is 10.1. The number of amides is 1. The topological polar surface area (TPSA) is 81.2 Å². The van der Waals surface area contributed by atoms with Crippen LogP contribution in [0.15, 0.2) is 4.99 Å². The van der Waals surface area contributed by atoms with Gasteiger partial charge in [0.15, 0.2) is 5.96 Å². The quantitative estimate of drug-likeness (QED) is 0.237. The Kier molecular flexibility index (Phi) is 15.5. The van der Waals surface area contributed by atoms with Crippen molar-refractivity contribution < 1.29 is 9.53 Å². The summed E-state index contributed by atoms with van der Waals surface area (Å²) < 4.78 is 5.34. The van der Waals surface area contributed by atoms with Crippen molar-refractivity contribution in [3.63, 3.8) is 0 Å². The number of aliphatic imine (C=N–C) groups is 1. The standard InChI is InChI=1S/C21H44N6O2.HI/c1-7-8-10-18(17-24-20(28)29-21(2,3)4)25-19(22-5)23-11-14-27-13-9-12-26(6)15-16-27;/h18H,7-17H2,1-6H3,(H,24,28)(H2,22,23,25);1H. The zero-order chi connectivity index (χ0) is 21.7. The molecule has 0 aromatic heterocycles. The lowest BCUT2D eigenvalue weighted by molar-refractivity contribution is 0.0523. The molecule has 1 unspecified atom stereocenters. The number of unbranched alkanes of at least 4 members (excludes halogenated alkanes) is 1. The molecule has 0 aromatic rings. The number of guanidine groups is 1. The fourth-order valence-corrected chi connectivity index (χ4v) is 3.24. The first kappa shape index (κ1) is 29.2. The molecule has 0 saturated carbocycles. The number of carbonyl (C=O) groups is 1. The Morgan fingerprint density at radius 2 is 1.90 bits per heavy atom. The molecular formula is C21H45IN6O2. The zero-order valence-corrected chi connectivity index (χ0v) is 22.3. The van der Waals surface area contributed by atoms with Crippen LogP contribution >= 0.6 is 24.0 Å². The van der Waals surface area contributed by atoms with Crippen LogP contribution in [0, 0.1) is 0 Å². The maximum atomic E-state index is 12.0. The lowest BCUT2D eigenvalue weighted by Crippen LogP contribution is -2.50. The first-order valence-corrected chi connectivity index (χ1v) is 11.1. The van der Waals surface area contributed by atoms with E-state index in [0.29, 0.717) is 6.54 Å². The molecular weight excluding hydrogens is 495 g/mol. The Hall–Kier alpha value is -0.810. The average molecular weight is 541 g/mol. The SMILES string of the molecule is CCCCC(CNC(=O)OC(C)(C)C)NC(=NC)NCCN1CCCN(C)CC1.I. The molecule has 1 atom stereocenters. The van der Waals surface area contributed by atoms with Gasteiger partial charge in [0.25, 0.3) is 0 Å². The maximum Gasteiger partial charge on any atom is 0.407 e. The lowest BCUT2D eigenvalue weighted by Gasteiger charge is -2.25. The van der Waals surface area contributed by atoms with Gasteiger partial charge in [0, 0.05) is 45.8 Å². The van der Waals surface area contributed by atoms with Crippen molar-refractivity contribution >= 4 is 36.0 Å². The van der Waals surface area contributed by atoms with E-state index in [9.17, 15) is 4.79 Å². The van der Waals surface area contributed by atoms with Crippen LogP contribution in [0.4, 0.5) is 4.79 Å². The molecule has 1 fully saturated rings. The van der Waals surface area contributed by atoms with Gasteiger partial charge in [-0.3, -0.25) is 4.99 Å². The molecule has 30 heavy (non-hydrogen) atoms. The van der Waals surface area contributed by atoms with Gasteiger partial charge in [-0.15, -0.1) is 24.0 Å². The van der Waals surface area contributed by atoms with E-state index in [1.165, 1.54) is 13.0 Å². The third-order valence-corrected chi connectivity index (χ3v) is 4.89. The van der Waals surface area contributed by atoms with Crippen molar-refractivity contribution in [2.75, 3.05) is 59.9 Å². The van der Waals surface area contributed by atoms with Crippen molar-refractivity contribution in [2.24, 2.45) is 4.99 Å². The smallest absolute Gasteiger partial charge is 0.407 e. The van der Waals surface area contributed by atoms with Gasteiger partial charge < -0.3 is 30.5 Å². The summed E-state index contributed by atoms with van der Waals surface area (Å²) in [6.07, 6.45) is 4.01. The zero-order valence-electron chi connectivity index (χ0n) is 19.9. The van der Waals surface area contributed by atoms with Crippen LogP contribution in [0.2, 0.25) is 0 Å². The maximum absolute atomic E-state index is 12.0. The molecule has 0 bridgehead atoms. The molecule has 1 saturated heterocycles. The summed E-state index contributed by atoms with van der Waals surface area (Å²) in [5, 5.41) is 9.75. The van der Waals surface area contributed by atoms with E-state index in [-0.39, 0.29) is 36.1 Å². The Bertz CT molecular complexity index is 498. The molecule has 9 heteroatoms. The number of nitrogens with zero attached hydrogens (tertiary/aromatic N) is 3. The number of carbonyl (C=O) groups excluding carboxylic acids is 1. The number of likely N-dealkylation sites (N-methyl/N-ethyl adjacent to an activating group) is 1. The Morgan fingerprint density at radius 3 is 2.53 bits per heavy atom. The van der Waals surface area contributed by atoms with Gasteiger partial charge in [0.05, 0.1) is 0 Å². The molecule has 0 aromatic carbocycles. The third kappa shape index (κ3) is 14.2. The number of alkyl carbamates (subject to hydrolysis) is 1. The van der Waals surface area contributed by atoms with Crippen LogP contribution in [0.3, 0.4) is 0 Å². The molecule has 1 rings (SSSR count). The van der Waals surface area contributed by atoms with Crippen molar-refractivity contribution in [3.05, 3.63) is 0 Å². The summed E-state index contributed by atoms with van der Waals surface area (Å²) in [5.41, 5.74) is -0.490. The molecule has 0 radical (unpaired) electrons. The molecule has 1 aliphatic heterocycles. The van der Waals surface area contributed by atoms with Gasteiger partial charge in [-0.25, -0.2) is 4.79 Å². The summed E-state index contributed by atoms with van der Waals surface area (Å²) in [6.45, 7) is 14.7. The van der Waals surface area contributed by atoms with E-state index in [1.54, 1.807) is 7.05 Å². The van der Waals surface area contributed by atoms with Crippen molar-refractivity contribution in [2.45, 2.75) is 65.0 Å².